The summed E-state index contributed by atoms with van der Waals surface area (Å²) in [6.07, 6.45) is 5.79. The Morgan fingerprint density at radius 3 is 3.05 bits per heavy atom. The molecule has 0 saturated carbocycles. The van der Waals surface area contributed by atoms with Gasteiger partial charge in [-0.2, -0.15) is 0 Å². The predicted molar refractivity (Wildman–Crippen MR) is 87.8 cm³/mol. The lowest BCUT2D eigenvalue weighted by molar-refractivity contribution is -0.132. The molecule has 3 rings (SSSR count). The first-order valence-electron chi connectivity index (χ1n) is 8.22. The molecule has 0 unspecified atom stereocenters. The predicted octanol–water partition coefficient (Wildman–Crippen LogP) is 3.13. The van der Waals surface area contributed by atoms with Crippen LogP contribution in [0.15, 0.2) is 30.5 Å². The summed E-state index contributed by atoms with van der Waals surface area (Å²) >= 11 is 0. The summed E-state index contributed by atoms with van der Waals surface area (Å²) in [5.41, 5.74) is 2.36. The molecular weight excluding hydrogens is 276 g/mol. The summed E-state index contributed by atoms with van der Waals surface area (Å²) in [6, 6.07) is 8.23. The lowest BCUT2D eigenvalue weighted by Gasteiger charge is -2.24. The molecule has 118 valence electrons. The number of aromatic amines is 1. The fourth-order valence-corrected chi connectivity index (χ4v) is 3.18. The van der Waals surface area contributed by atoms with Crippen molar-refractivity contribution in [3.8, 4) is 0 Å². The molecule has 1 aliphatic heterocycles. The number of para-hydroxylation sites is 1. The van der Waals surface area contributed by atoms with Gasteiger partial charge in [-0.25, -0.2) is 0 Å². The molecular formula is C18H24N2O2. The minimum atomic E-state index is 0.225. The van der Waals surface area contributed by atoms with Gasteiger partial charge in [0, 0.05) is 43.2 Å². The third-order valence-corrected chi connectivity index (χ3v) is 4.47. The highest BCUT2D eigenvalue weighted by Crippen LogP contribution is 2.20. The maximum absolute atomic E-state index is 12.5. The molecule has 1 atom stereocenters. The highest BCUT2D eigenvalue weighted by molar-refractivity contribution is 5.84. The molecule has 1 aromatic heterocycles. The summed E-state index contributed by atoms with van der Waals surface area (Å²) in [7, 11) is 0. The van der Waals surface area contributed by atoms with Gasteiger partial charge in [0.1, 0.15) is 0 Å². The fraction of sp³-hybridized carbons (Fsp3) is 0.500. The Labute approximate surface area is 131 Å². The second-order valence-corrected chi connectivity index (χ2v) is 5.93. The van der Waals surface area contributed by atoms with E-state index < -0.39 is 0 Å². The lowest BCUT2D eigenvalue weighted by atomic mass is 10.1. The van der Waals surface area contributed by atoms with Crippen LogP contribution in [0, 0.1) is 0 Å². The SMILES string of the molecule is CCN(C[C@@H]1CCCO1)C(=O)CCc1c[nH]c2ccccc12. The van der Waals surface area contributed by atoms with E-state index >= 15 is 0 Å². The first-order chi connectivity index (χ1) is 10.8. The monoisotopic (exact) mass is 300 g/mol. The summed E-state index contributed by atoms with van der Waals surface area (Å²) in [6.45, 7) is 4.38. The summed E-state index contributed by atoms with van der Waals surface area (Å²) < 4.78 is 5.64. The van der Waals surface area contributed by atoms with Crippen LogP contribution in [0.2, 0.25) is 0 Å². The topological polar surface area (TPSA) is 45.3 Å². The highest BCUT2D eigenvalue weighted by Gasteiger charge is 2.21. The smallest absolute Gasteiger partial charge is 0.222 e. The normalized spacial score (nSPS) is 18.0. The number of fused-ring (bicyclic) bond motifs is 1. The Bertz CT molecular complexity index is 629. The summed E-state index contributed by atoms with van der Waals surface area (Å²) in [5, 5.41) is 1.22. The Balaban J connectivity index is 1.58. The number of hydrogen-bond donors (Lipinski definition) is 1. The molecule has 0 bridgehead atoms. The number of amides is 1. The number of carbonyl (C=O) groups is 1. The lowest BCUT2D eigenvalue weighted by Crippen LogP contribution is -2.37. The van der Waals surface area contributed by atoms with Crippen molar-refractivity contribution < 1.29 is 9.53 Å². The van der Waals surface area contributed by atoms with E-state index in [0.717, 1.165) is 44.5 Å². The van der Waals surface area contributed by atoms with Gasteiger partial charge in [0.05, 0.1) is 6.10 Å². The van der Waals surface area contributed by atoms with Gasteiger partial charge in [-0.1, -0.05) is 18.2 Å². The second kappa shape index (κ2) is 6.97. The van der Waals surface area contributed by atoms with Crippen LogP contribution in [0.1, 0.15) is 31.7 Å². The van der Waals surface area contributed by atoms with Gasteiger partial charge in [-0.3, -0.25) is 4.79 Å². The number of nitrogens with one attached hydrogen (secondary N) is 1. The van der Waals surface area contributed by atoms with Gasteiger partial charge in [0.2, 0.25) is 5.91 Å². The first kappa shape index (κ1) is 15.1. The van der Waals surface area contributed by atoms with Crippen LogP contribution in [-0.4, -0.2) is 41.6 Å². The zero-order valence-electron chi connectivity index (χ0n) is 13.2. The van der Waals surface area contributed by atoms with Crippen molar-refractivity contribution in [1.82, 2.24) is 9.88 Å². The van der Waals surface area contributed by atoms with Gasteiger partial charge >= 0.3 is 0 Å². The largest absolute Gasteiger partial charge is 0.376 e. The average Bonchev–Trinajstić information content (AvgIpc) is 3.20. The van der Waals surface area contributed by atoms with E-state index in [9.17, 15) is 4.79 Å². The van der Waals surface area contributed by atoms with Crippen molar-refractivity contribution >= 4 is 16.8 Å². The van der Waals surface area contributed by atoms with Crippen molar-refractivity contribution in [2.24, 2.45) is 0 Å². The number of nitrogens with zero attached hydrogens (tertiary/aromatic N) is 1. The van der Waals surface area contributed by atoms with Crippen molar-refractivity contribution in [3.05, 3.63) is 36.0 Å². The van der Waals surface area contributed by atoms with Crippen molar-refractivity contribution in [2.45, 2.75) is 38.7 Å². The van der Waals surface area contributed by atoms with Crippen molar-refractivity contribution in [3.63, 3.8) is 0 Å². The van der Waals surface area contributed by atoms with Crippen molar-refractivity contribution in [2.75, 3.05) is 19.7 Å². The molecule has 0 aliphatic carbocycles. The van der Waals surface area contributed by atoms with Crippen LogP contribution in [-0.2, 0) is 16.0 Å². The van der Waals surface area contributed by atoms with Crippen LogP contribution in [0.4, 0.5) is 0 Å². The third-order valence-electron chi connectivity index (χ3n) is 4.47. The Morgan fingerprint density at radius 2 is 2.27 bits per heavy atom. The number of H-pyrrole nitrogens is 1. The molecule has 4 nitrogen and oxygen atoms in total. The molecule has 1 aromatic carbocycles. The van der Waals surface area contributed by atoms with E-state index in [-0.39, 0.29) is 12.0 Å². The van der Waals surface area contributed by atoms with Gasteiger partial charge < -0.3 is 14.6 Å². The molecule has 1 saturated heterocycles. The number of benzene rings is 1. The zero-order valence-corrected chi connectivity index (χ0v) is 13.2. The number of rotatable bonds is 6. The molecule has 0 spiro atoms. The number of ether oxygens (including phenoxy) is 1. The molecule has 22 heavy (non-hydrogen) atoms. The molecule has 1 N–H and O–H groups in total. The number of aryl methyl sites for hydroxylation is 1. The van der Waals surface area contributed by atoms with Crippen LogP contribution >= 0.6 is 0 Å². The van der Waals surface area contributed by atoms with Gasteiger partial charge in [-0.05, 0) is 37.8 Å². The Hall–Kier alpha value is -1.81. The molecule has 2 aromatic rings. The van der Waals surface area contributed by atoms with E-state index in [1.54, 1.807) is 0 Å². The first-order valence-corrected chi connectivity index (χ1v) is 8.22. The molecule has 1 amide bonds. The van der Waals surface area contributed by atoms with Crippen molar-refractivity contribution in [1.29, 1.82) is 0 Å². The molecule has 1 fully saturated rings. The standard InChI is InChI=1S/C18H24N2O2/c1-2-20(13-15-6-5-11-22-15)18(21)10-9-14-12-19-17-8-4-3-7-16(14)17/h3-4,7-8,12,15,19H,2,5-6,9-11,13H2,1H3/t15-/m0/s1. The summed E-state index contributed by atoms with van der Waals surface area (Å²) in [5.74, 6) is 0.225. The van der Waals surface area contributed by atoms with E-state index in [4.69, 9.17) is 4.74 Å². The van der Waals surface area contributed by atoms with E-state index in [1.807, 2.05) is 30.2 Å². The second-order valence-electron chi connectivity index (χ2n) is 5.93. The van der Waals surface area contributed by atoms with Gasteiger partial charge in [-0.15, -0.1) is 0 Å². The summed E-state index contributed by atoms with van der Waals surface area (Å²) in [4.78, 5) is 17.7. The molecule has 4 heteroatoms. The minimum absolute atomic E-state index is 0.225. The average molecular weight is 300 g/mol. The highest BCUT2D eigenvalue weighted by atomic mass is 16.5. The Morgan fingerprint density at radius 1 is 1.41 bits per heavy atom. The number of likely N-dealkylation sites (N-methyl/N-ethyl adjacent to an activating group) is 1. The van der Waals surface area contributed by atoms with E-state index in [0.29, 0.717) is 6.42 Å². The molecule has 1 aliphatic rings. The van der Waals surface area contributed by atoms with Crippen LogP contribution < -0.4 is 0 Å². The van der Waals surface area contributed by atoms with Crippen LogP contribution in [0.3, 0.4) is 0 Å². The van der Waals surface area contributed by atoms with E-state index in [1.165, 1.54) is 10.9 Å². The zero-order chi connectivity index (χ0) is 15.4. The minimum Gasteiger partial charge on any atom is -0.376 e. The maximum atomic E-state index is 12.5. The maximum Gasteiger partial charge on any atom is 0.222 e. The number of hydrogen-bond acceptors (Lipinski definition) is 2. The van der Waals surface area contributed by atoms with Gasteiger partial charge in [0.15, 0.2) is 0 Å². The van der Waals surface area contributed by atoms with Crippen LogP contribution in [0.5, 0.6) is 0 Å². The van der Waals surface area contributed by atoms with Crippen LogP contribution in [0.25, 0.3) is 10.9 Å². The molecule has 0 radical (unpaired) electrons. The number of aromatic nitrogens is 1. The number of carbonyl (C=O) groups excluding carboxylic acids is 1. The van der Waals surface area contributed by atoms with E-state index in [2.05, 4.69) is 17.1 Å². The third kappa shape index (κ3) is 3.33. The van der Waals surface area contributed by atoms with Gasteiger partial charge in [0.25, 0.3) is 0 Å². The quantitative estimate of drug-likeness (QED) is 0.891. The Kier molecular flexibility index (Phi) is 4.78. The molecule has 2 heterocycles. The fourth-order valence-electron chi connectivity index (χ4n) is 3.18.